The van der Waals surface area contributed by atoms with E-state index in [0.717, 1.165) is 0 Å². The van der Waals surface area contributed by atoms with Crippen molar-refractivity contribution in [3.63, 3.8) is 0 Å². The molecule has 0 fully saturated rings. The van der Waals surface area contributed by atoms with Gasteiger partial charge in [-0.25, -0.2) is 0 Å². The van der Waals surface area contributed by atoms with Crippen molar-refractivity contribution in [2.45, 2.75) is 248 Å². The van der Waals surface area contributed by atoms with E-state index in [2.05, 4.69) is 67.5 Å². The molecule has 0 heterocycles. The fourth-order valence-electron chi connectivity index (χ4n) is 10.1. The second-order valence-electron chi connectivity index (χ2n) is 17.7. The molecule has 0 radical (unpaired) electrons. The highest BCUT2D eigenvalue weighted by atomic mass is 14.3. The topological polar surface area (TPSA) is 0 Å². The summed E-state index contributed by atoms with van der Waals surface area (Å²) in [7, 11) is 0. The molecule has 0 aliphatic carbocycles. The Morgan fingerprint density at radius 3 is 0.815 bits per heavy atom. The largest absolute Gasteiger partial charge is 0.0654 e. The van der Waals surface area contributed by atoms with E-state index >= 15 is 0 Å². The van der Waals surface area contributed by atoms with Crippen LogP contribution in [0.25, 0.3) is 32.3 Å². The minimum Gasteiger partial charge on any atom is -0.0654 e. The Hall–Kier alpha value is -2.08. The Morgan fingerprint density at radius 2 is 0.537 bits per heavy atom. The maximum absolute atomic E-state index is 2.78. The Balaban J connectivity index is 2.16. The summed E-state index contributed by atoms with van der Waals surface area (Å²) in [5.74, 6) is 0. The molecule has 0 bridgehead atoms. The zero-order chi connectivity index (χ0) is 38.7. The third-order valence-corrected chi connectivity index (χ3v) is 13.3. The first-order chi connectivity index (χ1) is 26.5. The monoisotopic (exact) mass is 735 g/mol. The number of hydrogen-bond acceptors (Lipinski definition) is 0. The summed E-state index contributed by atoms with van der Waals surface area (Å²) in [6.45, 7) is 19.3. The van der Waals surface area contributed by atoms with E-state index < -0.39 is 0 Å². The lowest BCUT2D eigenvalue weighted by molar-refractivity contribution is 0.652. The number of benzene rings is 4. The number of hydrogen-bond donors (Lipinski definition) is 0. The predicted octanol–water partition coefficient (Wildman–Crippen LogP) is 17.9. The molecule has 0 amide bonds. The summed E-state index contributed by atoms with van der Waals surface area (Å²) in [4.78, 5) is 0. The van der Waals surface area contributed by atoms with Crippen molar-refractivity contribution in [1.29, 1.82) is 0 Å². The molecule has 0 heteroatoms. The van der Waals surface area contributed by atoms with Crippen LogP contribution in [0.2, 0.25) is 0 Å². The summed E-state index contributed by atoms with van der Waals surface area (Å²) >= 11 is 0. The maximum Gasteiger partial charge on any atom is -0.00179 e. The van der Waals surface area contributed by atoms with Gasteiger partial charge in [-0.3, -0.25) is 0 Å². The van der Waals surface area contributed by atoms with Gasteiger partial charge in [0.2, 0.25) is 0 Å². The Labute approximate surface area is 335 Å². The van der Waals surface area contributed by atoms with Crippen LogP contribution >= 0.6 is 0 Å². The third-order valence-electron chi connectivity index (χ3n) is 13.3. The standard InChI is InChI=1S/C54H86/c1-9-15-21-27-33-43-39-49-45(35-29-23-17-11-3)48(38-32-26-20-14-6)52-42(8)44(34-28-22-16-10-2)40-50-46(36-30-24-18-12-4)47(37-31-25-19-13-5)51(41(43)7)53(49)54(50)52/h39-40H,9-38H2,1-8H3. The van der Waals surface area contributed by atoms with Gasteiger partial charge in [0.25, 0.3) is 0 Å². The summed E-state index contributed by atoms with van der Waals surface area (Å²) in [5, 5.41) is 10.1. The van der Waals surface area contributed by atoms with Gasteiger partial charge in [0, 0.05) is 0 Å². The quantitative estimate of drug-likeness (QED) is 0.0370. The molecular formula is C54H86. The second-order valence-corrected chi connectivity index (χ2v) is 17.7. The normalized spacial score (nSPS) is 12.1. The molecule has 54 heavy (non-hydrogen) atoms. The summed E-state index contributed by atoms with van der Waals surface area (Å²) in [6.07, 6.45) is 39.7. The van der Waals surface area contributed by atoms with E-state index in [-0.39, 0.29) is 0 Å². The van der Waals surface area contributed by atoms with Crippen LogP contribution in [0.4, 0.5) is 0 Å². The van der Waals surface area contributed by atoms with Crippen LogP contribution in [0, 0.1) is 13.8 Å². The SMILES string of the molecule is CCCCCCc1cc2c(CCCCCC)c(CCCCCC)c3c(C)c(CCCCCC)cc4c(CCCCCC)c(CCCCCC)c(c1C)c2c43. The van der Waals surface area contributed by atoms with Gasteiger partial charge in [0.15, 0.2) is 0 Å². The molecule has 0 aliphatic heterocycles. The first-order valence-electron chi connectivity index (χ1n) is 24.3. The van der Waals surface area contributed by atoms with Crippen molar-refractivity contribution < 1.29 is 0 Å². The van der Waals surface area contributed by atoms with E-state index in [0.29, 0.717) is 0 Å². The molecule has 0 unspecified atom stereocenters. The molecule has 4 aromatic carbocycles. The summed E-state index contributed by atoms with van der Waals surface area (Å²) in [5.41, 5.74) is 13.7. The lowest BCUT2D eigenvalue weighted by Gasteiger charge is -2.29. The van der Waals surface area contributed by atoms with Crippen LogP contribution in [0.15, 0.2) is 12.1 Å². The van der Waals surface area contributed by atoms with Crippen molar-refractivity contribution in [3.8, 4) is 0 Å². The van der Waals surface area contributed by atoms with E-state index in [1.807, 2.05) is 0 Å². The van der Waals surface area contributed by atoms with E-state index in [9.17, 15) is 0 Å². The van der Waals surface area contributed by atoms with Gasteiger partial charge >= 0.3 is 0 Å². The number of rotatable bonds is 30. The van der Waals surface area contributed by atoms with Gasteiger partial charge in [-0.2, -0.15) is 0 Å². The van der Waals surface area contributed by atoms with Crippen molar-refractivity contribution >= 4 is 32.3 Å². The average Bonchev–Trinajstić information content (AvgIpc) is 3.17. The summed E-state index contributed by atoms with van der Waals surface area (Å²) in [6, 6.07) is 5.56. The third kappa shape index (κ3) is 11.5. The van der Waals surface area contributed by atoms with Crippen molar-refractivity contribution in [2.24, 2.45) is 0 Å². The minimum absolute atomic E-state index is 1.24. The van der Waals surface area contributed by atoms with E-state index in [1.165, 1.54) is 193 Å². The van der Waals surface area contributed by atoms with Gasteiger partial charge in [0.1, 0.15) is 0 Å². The molecular weight excluding hydrogens is 649 g/mol. The van der Waals surface area contributed by atoms with E-state index in [4.69, 9.17) is 0 Å². The van der Waals surface area contributed by atoms with E-state index in [1.54, 1.807) is 76.8 Å². The van der Waals surface area contributed by atoms with Gasteiger partial charge in [-0.05, 0) is 168 Å². The zero-order valence-corrected chi connectivity index (χ0v) is 37.4. The molecule has 0 saturated carbocycles. The lowest BCUT2D eigenvalue weighted by Crippen LogP contribution is -2.09. The molecule has 0 aromatic heterocycles. The first-order valence-corrected chi connectivity index (χ1v) is 24.3. The average molecular weight is 735 g/mol. The fourth-order valence-corrected chi connectivity index (χ4v) is 10.1. The molecule has 0 atom stereocenters. The van der Waals surface area contributed by atoms with Crippen LogP contribution in [0.1, 0.15) is 240 Å². The predicted molar refractivity (Wildman–Crippen MR) is 247 cm³/mol. The number of aryl methyl sites for hydroxylation is 8. The highest BCUT2D eigenvalue weighted by Gasteiger charge is 2.26. The lowest BCUT2D eigenvalue weighted by atomic mass is 9.75. The van der Waals surface area contributed by atoms with Crippen molar-refractivity contribution in [1.82, 2.24) is 0 Å². The minimum atomic E-state index is 1.24. The van der Waals surface area contributed by atoms with Gasteiger partial charge < -0.3 is 0 Å². The molecule has 0 aliphatic rings. The molecule has 0 N–H and O–H groups in total. The molecule has 302 valence electrons. The summed E-state index contributed by atoms with van der Waals surface area (Å²) < 4.78 is 0. The Bertz CT molecular complexity index is 1530. The van der Waals surface area contributed by atoms with Gasteiger partial charge in [-0.1, -0.05) is 169 Å². The van der Waals surface area contributed by atoms with Gasteiger partial charge in [-0.15, -0.1) is 0 Å². The maximum atomic E-state index is 2.78. The molecule has 4 rings (SSSR count). The molecule has 4 aromatic rings. The zero-order valence-electron chi connectivity index (χ0n) is 37.4. The van der Waals surface area contributed by atoms with Crippen LogP contribution in [-0.4, -0.2) is 0 Å². The molecule has 0 nitrogen and oxygen atoms in total. The number of unbranched alkanes of at least 4 members (excludes halogenated alkanes) is 18. The Morgan fingerprint density at radius 1 is 0.278 bits per heavy atom. The highest BCUT2D eigenvalue weighted by Crippen LogP contribution is 2.48. The fraction of sp³-hybridized carbons (Fsp3) is 0.704. The Kier molecular flexibility index (Phi) is 20.3. The van der Waals surface area contributed by atoms with Crippen LogP contribution in [-0.2, 0) is 38.5 Å². The second kappa shape index (κ2) is 24.5. The smallest absolute Gasteiger partial charge is 0.00179 e. The highest BCUT2D eigenvalue weighted by molar-refractivity contribution is 6.28. The van der Waals surface area contributed by atoms with Crippen molar-refractivity contribution in [3.05, 3.63) is 56.6 Å². The van der Waals surface area contributed by atoms with Gasteiger partial charge in [0.05, 0.1) is 0 Å². The molecule has 0 saturated heterocycles. The molecule has 0 spiro atoms. The van der Waals surface area contributed by atoms with Crippen LogP contribution in [0.5, 0.6) is 0 Å². The van der Waals surface area contributed by atoms with Crippen molar-refractivity contribution in [2.75, 3.05) is 0 Å². The van der Waals surface area contributed by atoms with Crippen LogP contribution in [0.3, 0.4) is 0 Å². The first kappa shape index (κ1) is 44.6. The van der Waals surface area contributed by atoms with Crippen LogP contribution < -0.4 is 0 Å².